The average Bonchev–Trinajstić information content (AvgIpc) is 2.51. The minimum atomic E-state index is -0.323. The lowest BCUT2D eigenvalue weighted by Gasteiger charge is -2.35. The van der Waals surface area contributed by atoms with E-state index in [2.05, 4.69) is 12.2 Å². The van der Waals surface area contributed by atoms with Crippen LogP contribution in [0.25, 0.3) is 0 Å². The first kappa shape index (κ1) is 15.6. The van der Waals surface area contributed by atoms with E-state index in [1.54, 1.807) is 12.1 Å². The number of nitrogens with one attached hydrogen (secondary N) is 1. The summed E-state index contributed by atoms with van der Waals surface area (Å²) in [5.41, 5.74) is 0. The maximum atomic E-state index is 13.0. The Bertz CT molecular complexity index is 467. The molecule has 0 radical (unpaired) electrons. The van der Waals surface area contributed by atoms with Crippen molar-refractivity contribution in [2.45, 2.75) is 38.6 Å². The summed E-state index contributed by atoms with van der Waals surface area (Å²) >= 11 is 0. The van der Waals surface area contributed by atoms with Gasteiger partial charge >= 0.3 is 6.03 Å². The highest BCUT2D eigenvalue weighted by molar-refractivity contribution is 5.74. The van der Waals surface area contributed by atoms with Gasteiger partial charge in [-0.05, 0) is 37.8 Å². The molecule has 1 saturated heterocycles. The molecular formula is C16H23FN2O2. The molecule has 4 nitrogen and oxygen atoms in total. The molecule has 1 aromatic rings. The van der Waals surface area contributed by atoms with Crippen LogP contribution in [-0.4, -0.2) is 36.7 Å². The number of urea groups is 1. The highest BCUT2D eigenvalue weighted by Crippen LogP contribution is 2.19. The maximum Gasteiger partial charge on any atom is 0.317 e. The van der Waals surface area contributed by atoms with Crippen LogP contribution in [0.1, 0.15) is 32.6 Å². The van der Waals surface area contributed by atoms with E-state index in [1.807, 2.05) is 4.90 Å². The largest absolute Gasteiger partial charge is 0.492 e. The molecule has 1 fully saturated rings. The third-order valence-corrected chi connectivity index (χ3v) is 3.80. The van der Waals surface area contributed by atoms with E-state index in [0.29, 0.717) is 24.9 Å². The quantitative estimate of drug-likeness (QED) is 0.847. The Balaban J connectivity index is 1.71. The van der Waals surface area contributed by atoms with Gasteiger partial charge in [0, 0.05) is 18.7 Å². The van der Waals surface area contributed by atoms with E-state index >= 15 is 0 Å². The van der Waals surface area contributed by atoms with Crippen LogP contribution in [0, 0.1) is 5.82 Å². The Labute approximate surface area is 125 Å². The lowest BCUT2D eigenvalue weighted by Crippen LogP contribution is -2.49. The van der Waals surface area contributed by atoms with E-state index in [-0.39, 0.29) is 11.8 Å². The molecule has 0 saturated carbocycles. The molecule has 1 aliphatic heterocycles. The Morgan fingerprint density at radius 3 is 3.10 bits per heavy atom. The van der Waals surface area contributed by atoms with E-state index in [1.165, 1.54) is 18.6 Å². The summed E-state index contributed by atoms with van der Waals surface area (Å²) in [6, 6.07) is 6.33. The number of ether oxygens (including phenoxy) is 1. The fourth-order valence-electron chi connectivity index (χ4n) is 2.68. The third-order valence-electron chi connectivity index (χ3n) is 3.80. The summed E-state index contributed by atoms with van der Waals surface area (Å²) in [6.07, 6.45) is 4.35. The van der Waals surface area contributed by atoms with Crippen molar-refractivity contribution >= 4 is 6.03 Å². The second-order valence-electron chi connectivity index (χ2n) is 5.29. The average molecular weight is 294 g/mol. The van der Waals surface area contributed by atoms with Gasteiger partial charge in [-0.1, -0.05) is 13.0 Å². The van der Waals surface area contributed by atoms with Crippen LogP contribution in [0.5, 0.6) is 5.75 Å². The van der Waals surface area contributed by atoms with Gasteiger partial charge in [-0.2, -0.15) is 0 Å². The van der Waals surface area contributed by atoms with Crippen LogP contribution < -0.4 is 10.1 Å². The number of amides is 2. The van der Waals surface area contributed by atoms with Crippen LogP contribution in [0.15, 0.2) is 24.3 Å². The molecule has 1 atom stereocenters. The molecule has 2 rings (SSSR count). The monoisotopic (exact) mass is 294 g/mol. The molecule has 0 bridgehead atoms. The minimum absolute atomic E-state index is 0.0237. The first-order valence-electron chi connectivity index (χ1n) is 7.63. The van der Waals surface area contributed by atoms with Crippen LogP contribution in [-0.2, 0) is 0 Å². The normalized spacial score (nSPS) is 18.4. The molecule has 21 heavy (non-hydrogen) atoms. The zero-order valence-electron chi connectivity index (χ0n) is 12.5. The lowest BCUT2D eigenvalue weighted by atomic mass is 10.0. The number of benzene rings is 1. The van der Waals surface area contributed by atoms with Gasteiger partial charge in [0.1, 0.15) is 18.2 Å². The number of carbonyl (C=O) groups excluding carboxylic acids is 1. The predicted molar refractivity (Wildman–Crippen MR) is 79.9 cm³/mol. The first-order valence-corrected chi connectivity index (χ1v) is 7.63. The summed E-state index contributed by atoms with van der Waals surface area (Å²) in [5, 5.41) is 2.87. The fourth-order valence-corrected chi connectivity index (χ4v) is 2.68. The molecule has 0 spiro atoms. The van der Waals surface area contributed by atoms with Gasteiger partial charge in [-0.3, -0.25) is 0 Å². The predicted octanol–water partition coefficient (Wildman–Crippen LogP) is 3.18. The lowest BCUT2D eigenvalue weighted by molar-refractivity contribution is 0.147. The maximum absolute atomic E-state index is 13.0. The summed E-state index contributed by atoms with van der Waals surface area (Å²) in [7, 11) is 0. The van der Waals surface area contributed by atoms with Gasteiger partial charge in [0.25, 0.3) is 0 Å². The summed E-state index contributed by atoms with van der Waals surface area (Å²) in [5.74, 6) is 0.157. The molecule has 116 valence electrons. The van der Waals surface area contributed by atoms with Crippen molar-refractivity contribution in [1.82, 2.24) is 10.2 Å². The Morgan fingerprint density at radius 1 is 1.48 bits per heavy atom. The van der Waals surface area contributed by atoms with Gasteiger partial charge in [0.05, 0.1) is 6.54 Å². The van der Waals surface area contributed by atoms with Gasteiger partial charge in [-0.25, -0.2) is 9.18 Å². The topological polar surface area (TPSA) is 41.6 Å². The van der Waals surface area contributed by atoms with E-state index < -0.39 is 0 Å². The number of halogens is 1. The number of nitrogens with zero attached hydrogens (tertiary/aromatic N) is 1. The van der Waals surface area contributed by atoms with Crippen molar-refractivity contribution < 1.29 is 13.9 Å². The van der Waals surface area contributed by atoms with Gasteiger partial charge in [-0.15, -0.1) is 0 Å². The molecule has 0 aromatic heterocycles. The summed E-state index contributed by atoms with van der Waals surface area (Å²) < 4.78 is 18.4. The van der Waals surface area contributed by atoms with Gasteiger partial charge < -0.3 is 15.0 Å². The highest BCUT2D eigenvalue weighted by Gasteiger charge is 2.24. The van der Waals surface area contributed by atoms with E-state index in [4.69, 9.17) is 4.74 Å². The van der Waals surface area contributed by atoms with Crippen molar-refractivity contribution in [3.05, 3.63) is 30.1 Å². The molecule has 1 aliphatic rings. The van der Waals surface area contributed by atoms with Gasteiger partial charge in [0.15, 0.2) is 0 Å². The van der Waals surface area contributed by atoms with Crippen LogP contribution in [0.4, 0.5) is 9.18 Å². The van der Waals surface area contributed by atoms with Crippen LogP contribution >= 0.6 is 0 Å². The molecule has 1 heterocycles. The fraction of sp³-hybridized carbons (Fsp3) is 0.562. The molecule has 5 heteroatoms. The molecule has 1 aromatic carbocycles. The number of piperidine rings is 1. The molecular weight excluding hydrogens is 271 g/mol. The smallest absolute Gasteiger partial charge is 0.317 e. The second kappa shape index (κ2) is 7.86. The molecule has 2 amide bonds. The Hall–Kier alpha value is -1.78. The number of rotatable bonds is 5. The van der Waals surface area contributed by atoms with Crippen molar-refractivity contribution in [2.75, 3.05) is 19.7 Å². The second-order valence-corrected chi connectivity index (χ2v) is 5.29. The van der Waals surface area contributed by atoms with Gasteiger partial charge in [0.2, 0.25) is 0 Å². The van der Waals surface area contributed by atoms with E-state index in [0.717, 1.165) is 25.8 Å². The Morgan fingerprint density at radius 2 is 2.33 bits per heavy atom. The number of hydrogen-bond donors (Lipinski definition) is 1. The number of likely N-dealkylation sites (tertiary alicyclic amines) is 1. The standard InChI is InChI=1S/C16H23FN2O2/c1-2-14-7-3-4-10-19(14)16(20)18-9-11-21-15-8-5-6-13(17)12-15/h5-6,8,12,14H,2-4,7,9-11H2,1H3,(H,18,20). The number of hydrogen-bond acceptors (Lipinski definition) is 2. The number of carbonyl (C=O) groups is 1. The zero-order chi connectivity index (χ0) is 15.1. The zero-order valence-corrected chi connectivity index (χ0v) is 12.5. The molecule has 1 unspecified atom stereocenters. The SMILES string of the molecule is CCC1CCCCN1C(=O)NCCOc1cccc(F)c1. The first-order chi connectivity index (χ1) is 10.2. The Kier molecular flexibility index (Phi) is 5.84. The van der Waals surface area contributed by atoms with Crippen molar-refractivity contribution in [1.29, 1.82) is 0 Å². The summed E-state index contributed by atoms with van der Waals surface area (Å²) in [6.45, 7) is 3.69. The molecule has 0 aliphatic carbocycles. The van der Waals surface area contributed by atoms with Crippen molar-refractivity contribution in [3.63, 3.8) is 0 Å². The van der Waals surface area contributed by atoms with E-state index in [9.17, 15) is 9.18 Å². The minimum Gasteiger partial charge on any atom is -0.492 e. The van der Waals surface area contributed by atoms with Crippen molar-refractivity contribution in [3.8, 4) is 5.75 Å². The third kappa shape index (κ3) is 4.62. The molecule has 1 N–H and O–H groups in total. The highest BCUT2D eigenvalue weighted by atomic mass is 19.1. The summed E-state index contributed by atoms with van der Waals surface area (Å²) in [4.78, 5) is 14.1. The van der Waals surface area contributed by atoms with Crippen LogP contribution in [0.2, 0.25) is 0 Å². The van der Waals surface area contributed by atoms with Crippen LogP contribution in [0.3, 0.4) is 0 Å². The van der Waals surface area contributed by atoms with Crippen molar-refractivity contribution in [2.24, 2.45) is 0 Å².